The monoisotopic (exact) mass is 562 g/mol. The molecule has 0 radical (unpaired) electrons. The van der Waals surface area contributed by atoms with E-state index in [-0.39, 0.29) is 11.2 Å². The minimum Gasteiger partial charge on any atom is -0.504 e. The molecule has 1 atom stereocenters. The average molecular weight is 563 g/mol. The summed E-state index contributed by atoms with van der Waals surface area (Å²) in [5, 5.41) is 29.1. The molecule has 0 aliphatic carbocycles. The van der Waals surface area contributed by atoms with E-state index in [9.17, 15) is 20.1 Å². The highest BCUT2D eigenvalue weighted by Gasteiger charge is 2.33. The summed E-state index contributed by atoms with van der Waals surface area (Å²) in [6, 6.07) is 3.97. The topological polar surface area (TPSA) is 96.2 Å². The predicted octanol–water partition coefficient (Wildman–Crippen LogP) is 8.92. The Labute approximate surface area is 245 Å². The summed E-state index contributed by atoms with van der Waals surface area (Å²) in [6.07, 6.45) is 14.9. The summed E-state index contributed by atoms with van der Waals surface area (Å²) in [7, 11) is 0. The van der Waals surface area contributed by atoms with Gasteiger partial charge in [0.2, 0.25) is 0 Å². The summed E-state index contributed by atoms with van der Waals surface area (Å²) in [4.78, 5) is 12.7. The van der Waals surface area contributed by atoms with Crippen molar-refractivity contribution in [3.05, 3.63) is 75.4 Å². The molecule has 222 valence electrons. The molecule has 0 bridgehead atoms. The van der Waals surface area contributed by atoms with E-state index in [1.807, 2.05) is 19.9 Å². The number of phenols is 3. The molecule has 2 aromatic rings. The molecule has 0 saturated heterocycles. The van der Waals surface area contributed by atoms with Crippen LogP contribution in [0.2, 0.25) is 0 Å². The van der Waals surface area contributed by atoms with Crippen molar-refractivity contribution in [2.45, 2.75) is 105 Å². The lowest BCUT2D eigenvalue weighted by Crippen LogP contribution is -2.36. The van der Waals surface area contributed by atoms with Crippen molar-refractivity contribution in [2.24, 2.45) is 0 Å². The van der Waals surface area contributed by atoms with E-state index in [1.165, 1.54) is 16.7 Å². The van der Waals surface area contributed by atoms with Gasteiger partial charge in [-0.25, -0.2) is 4.79 Å². The van der Waals surface area contributed by atoms with Gasteiger partial charge in [-0.05, 0) is 135 Å². The molecule has 2 aromatic carbocycles. The van der Waals surface area contributed by atoms with Crippen LogP contribution in [0.3, 0.4) is 0 Å². The molecule has 1 aliphatic rings. The first-order valence-electron chi connectivity index (χ1n) is 14.5. The van der Waals surface area contributed by atoms with Gasteiger partial charge in [-0.3, -0.25) is 0 Å². The lowest BCUT2D eigenvalue weighted by molar-refractivity contribution is 0.0556. The predicted molar refractivity (Wildman–Crippen MR) is 164 cm³/mol. The van der Waals surface area contributed by atoms with Gasteiger partial charge in [0.05, 0.1) is 5.56 Å². The zero-order valence-electron chi connectivity index (χ0n) is 25.7. The van der Waals surface area contributed by atoms with Crippen LogP contribution < -0.4 is 9.47 Å². The first-order valence-corrected chi connectivity index (χ1v) is 14.5. The number of aromatic hydroxyl groups is 3. The Kier molecular flexibility index (Phi) is 10.7. The van der Waals surface area contributed by atoms with E-state index >= 15 is 0 Å². The highest BCUT2D eigenvalue weighted by atomic mass is 16.5. The molecule has 0 spiro atoms. The second-order valence-electron chi connectivity index (χ2n) is 11.9. The number of hydrogen-bond acceptors (Lipinski definition) is 6. The first-order chi connectivity index (χ1) is 19.3. The molecule has 3 rings (SSSR count). The summed E-state index contributed by atoms with van der Waals surface area (Å²) >= 11 is 0. The normalized spacial score (nSPS) is 17.0. The number of esters is 1. The fourth-order valence-corrected chi connectivity index (χ4v) is 5.08. The third-order valence-corrected chi connectivity index (χ3v) is 7.94. The maximum atomic E-state index is 12.7. The van der Waals surface area contributed by atoms with Gasteiger partial charge in [-0.15, -0.1) is 0 Å². The lowest BCUT2D eigenvalue weighted by Gasteiger charge is -2.37. The number of allylic oxidation sites excluding steroid dienone is 6. The van der Waals surface area contributed by atoms with Crippen LogP contribution in [-0.2, 0) is 6.42 Å². The Morgan fingerprint density at radius 1 is 0.902 bits per heavy atom. The zero-order chi connectivity index (χ0) is 30.3. The molecule has 41 heavy (non-hydrogen) atoms. The number of aryl methyl sites for hydroxylation is 1. The number of rotatable bonds is 11. The van der Waals surface area contributed by atoms with Crippen LogP contribution in [0.15, 0.2) is 53.1 Å². The maximum Gasteiger partial charge on any atom is 0.343 e. The zero-order valence-corrected chi connectivity index (χ0v) is 25.7. The van der Waals surface area contributed by atoms with E-state index in [0.29, 0.717) is 5.75 Å². The van der Waals surface area contributed by atoms with E-state index in [1.54, 1.807) is 0 Å². The Morgan fingerprint density at radius 3 is 2.10 bits per heavy atom. The SMILES string of the molecule is CC(C)=CCCC(C)=CCCC(C)=CCC[C@]1(C)CCc2cc(OC(=O)c3cc(O)c(O)c(O)c3)c(C)c(C)c2O1. The largest absolute Gasteiger partial charge is 0.504 e. The molecule has 0 fully saturated rings. The fraction of sp³-hybridized carbons (Fsp3) is 0.457. The minimum atomic E-state index is -0.740. The summed E-state index contributed by atoms with van der Waals surface area (Å²) in [5.41, 5.74) is 6.60. The maximum absolute atomic E-state index is 12.7. The van der Waals surface area contributed by atoms with Crippen molar-refractivity contribution in [1.82, 2.24) is 0 Å². The van der Waals surface area contributed by atoms with Gasteiger partial charge in [-0.2, -0.15) is 0 Å². The van der Waals surface area contributed by atoms with Crippen LogP contribution in [0.1, 0.15) is 107 Å². The molecule has 6 nitrogen and oxygen atoms in total. The van der Waals surface area contributed by atoms with Crippen molar-refractivity contribution in [3.8, 4) is 28.7 Å². The number of fused-ring (bicyclic) bond motifs is 1. The third kappa shape index (κ3) is 8.66. The number of carbonyl (C=O) groups excluding carboxylic acids is 1. The standard InChI is InChI=1S/C35H46O6/c1-22(2)11-8-12-23(3)13-9-14-24(4)15-10-17-35(7)18-16-27-21-31(25(5)26(6)33(27)41-35)40-34(39)28-19-29(36)32(38)30(37)20-28/h11,13,15,19-21,36-38H,8-10,12,14,16-18H2,1-7H3/t35-/m1/s1. The molecular weight excluding hydrogens is 516 g/mol. The summed E-state index contributed by atoms with van der Waals surface area (Å²) in [5.74, 6) is -1.34. The van der Waals surface area contributed by atoms with Gasteiger partial charge in [0.25, 0.3) is 0 Å². The van der Waals surface area contributed by atoms with Crippen molar-refractivity contribution in [2.75, 3.05) is 0 Å². The Balaban J connectivity index is 1.60. The Hall–Kier alpha value is -3.67. The van der Waals surface area contributed by atoms with Crippen molar-refractivity contribution in [1.29, 1.82) is 0 Å². The van der Waals surface area contributed by atoms with Crippen LogP contribution in [-0.4, -0.2) is 26.9 Å². The Morgan fingerprint density at radius 2 is 1.49 bits per heavy atom. The smallest absolute Gasteiger partial charge is 0.343 e. The van der Waals surface area contributed by atoms with E-state index < -0.39 is 23.2 Å². The van der Waals surface area contributed by atoms with E-state index in [4.69, 9.17) is 9.47 Å². The van der Waals surface area contributed by atoms with Crippen LogP contribution in [0, 0.1) is 13.8 Å². The van der Waals surface area contributed by atoms with Crippen LogP contribution in [0.4, 0.5) is 0 Å². The number of hydrogen-bond donors (Lipinski definition) is 3. The minimum absolute atomic E-state index is 0.0645. The molecule has 1 heterocycles. The van der Waals surface area contributed by atoms with Crippen LogP contribution in [0.25, 0.3) is 0 Å². The van der Waals surface area contributed by atoms with Gasteiger partial charge >= 0.3 is 5.97 Å². The van der Waals surface area contributed by atoms with Gasteiger partial charge in [-0.1, -0.05) is 34.9 Å². The quantitative estimate of drug-likeness (QED) is 0.109. The number of carbonyl (C=O) groups is 1. The molecule has 0 saturated carbocycles. The Bertz CT molecular complexity index is 1340. The molecule has 0 aromatic heterocycles. The second-order valence-corrected chi connectivity index (χ2v) is 11.9. The van der Waals surface area contributed by atoms with Crippen molar-refractivity contribution in [3.63, 3.8) is 0 Å². The molecule has 3 N–H and O–H groups in total. The second kappa shape index (κ2) is 13.8. The number of ether oxygens (including phenoxy) is 2. The van der Waals surface area contributed by atoms with Crippen LogP contribution >= 0.6 is 0 Å². The van der Waals surface area contributed by atoms with Crippen LogP contribution in [0.5, 0.6) is 28.7 Å². The molecule has 6 heteroatoms. The fourth-order valence-electron chi connectivity index (χ4n) is 5.08. The molecular formula is C35H46O6. The van der Waals surface area contributed by atoms with Gasteiger partial charge in [0.15, 0.2) is 17.2 Å². The lowest BCUT2D eigenvalue weighted by atomic mass is 9.86. The van der Waals surface area contributed by atoms with E-state index in [2.05, 4.69) is 52.8 Å². The first kappa shape index (κ1) is 31.9. The van der Waals surface area contributed by atoms with Gasteiger partial charge in [0.1, 0.15) is 17.1 Å². The third-order valence-electron chi connectivity index (χ3n) is 7.94. The molecule has 0 amide bonds. The van der Waals surface area contributed by atoms with Gasteiger partial charge in [0, 0.05) is 0 Å². The highest BCUT2D eigenvalue weighted by molar-refractivity contribution is 5.92. The van der Waals surface area contributed by atoms with E-state index in [0.717, 1.165) is 85.9 Å². The molecule has 1 aliphatic heterocycles. The van der Waals surface area contributed by atoms with Crippen molar-refractivity contribution < 1.29 is 29.6 Å². The summed E-state index contributed by atoms with van der Waals surface area (Å²) < 4.78 is 12.2. The van der Waals surface area contributed by atoms with Gasteiger partial charge < -0.3 is 24.8 Å². The molecule has 0 unspecified atom stereocenters. The number of benzene rings is 2. The number of phenolic OH excluding ortho intramolecular Hbond substituents is 3. The average Bonchev–Trinajstić information content (AvgIpc) is 2.90. The van der Waals surface area contributed by atoms with Crippen molar-refractivity contribution >= 4 is 5.97 Å². The summed E-state index contributed by atoms with van der Waals surface area (Å²) in [6.45, 7) is 14.7. The highest BCUT2D eigenvalue weighted by Crippen LogP contribution is 2.43.